The van der Waals surface area contributed by atoms with Crippen molar-refractivity contribution in [2.75, 3.05) is 19.6 Å². The van der Waals surface area contributed by atoms with E-state index in [1.165, 1.54) is 5.56 Å². The molecule has 0 radical (unpaired) electrons. The van der Waals surface area contributed by atoms with Crippen LogP contribution >= 0.6 is 11.6 Å². The van der Waals surface area contributed by atoms with Crippen LogP contribution in [0.3, 0.4) is 0 Å². The Labute approximate surface area is 162 Å². The van der Waals surface area contributed by atoms with Gasteiger partial charge >= 0.3 is 6.03 Å². The Hall–Kier alpha value is -1.52. The van der Waals surface area contributed by atoms with Gasteiger partial charge in [0.2, 0.25) is 0 Å². The van der Waals surface area contributed by atoms with Crippen molar-refractivity contribution in [2.24, 2.45) is 0 Å². The number of carbonyl (C=O) groups is 1. The van der Waals surface area contributed by atoms with E-state index in [-0.39, 0.29) is 17.6 Å². The number of amides is 2. The molecule has 0 unspecified atom stereocenters. The van der Waals surface area contributed by atoms with Crippen molar-refractivity contribution >= 4 is 17.6 Å². The summed E-state index contributed by atoms with van der Waals surface area (Å²) >= 11 is 5.98. The summed E-state index contributed by atoms with van der Waals surface area (Å²) in [6.45, 7) is 10.1. The van der Waals surface area contributed by atoms with Crippen molar-refractivity contribution in [3.63, 3.8) is 0 Å². The van der Waals surface area contributed by atoms with E-state index in [2.05, 4.69) is 48.8 Å². The van der Waals surface area contributed by atoms with Crippen LogP contribution in [-0.4, -0.2) is 51.9 Å². The van der Waals surface area contributed by atoms with Gasteiger partial charge in [0, 0.05) is 43.4 Å². The highest BCUT2D eigenvalue weighted by atomic mass is 35.5. The first kappa shape index (κ1) is 19.2. The fourth-order valence-electron chi connectivity index (χ4n) is 4.02. The van der Waals surface area contributed by atoms with Crippen LogP contribution in [0, 0.1) is 0 Å². The maximum atomic E-state index is 13.0. The van der Waals surface area contributed by atoms with Crippen LogP contribution < -0.4 is 0 Å². The average molecular weight is 376 g/mol. The van der Waals surface area contributed by atoms with Gasteiger partial charge in [-0.2, -0.15) is 0 Å². The molecule has 0 saturated carbocycles. The minimum Gasteiger partial charge on any atom is -0.315 e. The fourth-order valence-corrected chi connectivity index (χ4v) is 4.15. The second-order valence-corrected chi connectivity index (χ2v) is 8.19. The summed E-state index contributed by atoms with van der Waals surface area (Å²) in [6.07, 6.45) is 7.28. The third kappa shape index (κ3) is 3.91. The van der Waals surface area contributed by atoms with Gasteiger partial charge in [-0.25, -0.2) is 4.79 Å². The van der Waals surface area contributed by atoms with Crippen LogP contribution in [0.15, 0.2) is 36.5 Å². The number of likely N-dealkylation sites (tertiary alicyclic amines) is 1. The van der Waals surface area contributed by atoms with Crippen LogP contribution in [0.2, 0.25) is 5.02 Å². The first-order valence-corrected chi connectivity index (χ1v) is 10.1. The number of hydrogen-bond donors (Lipinski definition) is 0. The maximum Gasteiger partial charge on any atom is 0.324 e. The molecule has 1 fully saturated rings. The predicted octanol–water partition coefficient (Wildman–Crippen LogP) is 4.74. The van der Waals surface area contributed by atoms with Gasteiger partial charge in [-0.3, -0.25) is 9.80 Å². The monoisotopic (exact) mass is 375 g/mol. The van der Waals surface area contributed by atoms with E-state index in [1.807, 2.05) is 23.2 Å². The smallest absolute Gasteiger partial charge is 0.315 e. The van der Waals surface area contributed by atoms with Crippen molar-refractivity contribution in [3.8, 4) is 0 Å². The standard InChI is InChI=1S/C21H30ClN3O/c1-4-12-25-20(26)24(17(2)3)15-11-21(25)9-13-23(14-10-21)16-18-5-7-19(22)8-6-18/h5-8,11,15,17H,4,9-10,12-14,16H2,1-3H3. The molecule has 0 atom stereocenters. The van der Waals surface area contributed by atoms with Gasteiger partial charge in [0.25, 0.3) is 0 Å². The molecule has 4 nitrogen and oxygen atoms in total. The zero-order chi connectivity index (χ0) is 18.7. The molecule has 3 rings (SSSR count). The summed E-state index contributed by atoms with van der Waals surface area (Å²) in [7, 11) is 0. The molecule has 1 spiro atoms. The topological polar surface area (TPSA) is 26.8 Å². The first-order valence-electron chi connectivity index (χ1n) is 9.71. The van der Waals surface area contributed by atoms with Crippen LogP contribution in [0.25, 0.3) is 0 Å². The van der Waals surface area contributed by atoms with Crippen molar-refractivity contribution in [3.05, 3.63) is 47.1 Å². The molecule has 1 aromatic rings. The van der Waals surface area contributed by atoms with Crippen LogP contribution in [0.5, 0.6) is 0 Å². The minimum absolute atomic E-state index is 0.116. The van der Waals surface area contributed by atoms with E-state index >= 15 is 0 Å². The Morgan fingerprint density at radius 1 is 1.15 bits per heavy atom. The molecular formula is C21H30ClN3O. The molecule has 0 aliphatic carbocycles. The molecule has 142 valence electrons. The van der Waals surface area contributed by atoms with Gasteiger partial charge in [0.15, 0.2) is 0 Å². The summed E-state index contributed by atoms with van der Waals surface area (Å²) in [6, 6.07) is 8.46. The minimum atomic E-state index is -0.116. The van der Waals surface area contributed by atoms with Crippen molar-refractivity contribution in [1.82, 2.24) is 14.7 Å². The number of benzene rings is 1. The first-order chi connectivity index (χ1) is 12.4. The van der Waals surface area contributed by atoms with E-state index in [1.54, 1.807) is 0 Å². The molecule has 5 heteroatoms. The SMILES string of the molecule is CCCN1C(=O)N(C(C)C)C=CC12CCN(Cc1ccc(Cl)cc1)CC2. The Bertz CT molecular complexity index is 648. The number of rotatable bonds is 5. The highest BCUT2D eigenvalue weighted by molar-refractivity contribution is 6.30. The molecule has 2 aliphatic rings. The number of nitrogens with zero attached hydrogens (tertiary/aromatic N) is 3. The van der Waals surface area contributed by atoms with Crippen molar-refractivity contribution in [1.29, 1.82) is 0 Å². The Balaban J connectivity index is 1.70. The molecule has 2 amide bonds. The summed E-state index contributed by atoms with van der Waals surface area (Å²) in [4.78, 5) is 19.5. The lowest BCUT2D eigenvalue weighted by atomic mass is 9.84. The van der Waals surface area contributed by atoms with E-state index in [9.17, 15) is 4.79 Å². The second-order valence-electron chi connectivity index (χ2n) is 7.76. The lowest BCUT2D eigenvalue weighted by Crippen LogP contribution is -2.61. The second kappa shape index (κ2) is 8.01. The summed E-state index contributed by atoms with van der Waals surface area (Å²) in [5.74, 6) is 0. The highest BCUT2D eigenvalue weighted by Gasteiger charge is 2.44. The van der Waals surface area contributed by atoms with E-state index in [4.69, 9.17) is 11.6 Å². The molecule has 0 bridgehead atoms. The lowest BCUT2D eigenvalue weighted by Gasteiger charge is -2.51. The molecular weight excluding hydrogens is 346 g/mol. The van der Waals surface area contributed by atoms with Gasteiger partial charge in [-0.05, 0) is 56.9 Å². The predicted molar refractivity (Wildman–Crippen MR) is 107 cm³/mol. The van der Waals surface area contributed by atoms with Crippen LogP contribution in [0.1, 0.15) is 45.6 Å². The molecule has 0 aromatic heterocycles. The Kier molecular flexibility index (Phi) is 5.93. The third-order valence-electron chi connectivity index (χ3n) is 5.58. The molecule has 0 N–H and O–H groups in total. The van der Waals surface area contributed by atoms with Gasteiger partial charge in [-0.15, -0.1) is 0 Å². The average Bonchev–Trinajstić information content (AvgIpc) is 2.62. The van der Waals surface area contributed by atoms with Gasteiger partial charge in [0.1, 0.15) is 0 Å². The number of carbonyl (C=O) groups excluding carboxylic acids is 1. The summed E-state index contributed by atoms with van der Waals surface area (Å²) in [5.41, 5.74) is 1.17. The molecule has 1 saturated heterocycles. The largest absolute Gasteiger partial charge is 0.324 e. The lowest BCUT2D eigenvalue weighted by molar-refractivity contribution is 0.0501. The normalized spacial score (nSPS) is 20.4. The van der Waals surface area contributed by atoms with E-state index < -0.39 is 0 Å². The molecule has 2 heterocycles. The number of hydrogen-bond acceptors (Lipinski definition) is 2. The molecule has 2 aliphatic heterocycles. The number of urea groups is 1. The summed E-state index contributed by atoms with van der Waals surface area (Å²) in [5, 5.41) is 0.780. The van der Waals surface area contributed by atoms with E-state index in [0.29, 0.717) is 0 Å². The number of piperidine rings is 1. The van der Waals surface area contributed by atoms with Crippen LogP contribution in [0.4, 0.5) is 4.79 Å². The molecule has 1 aromatic carbocycles. The van der Waals surface area contributed by atoms with Crippen LogP contribution in [-0.2, 0) is 6.54 Å². The Morgan fingerprint density at radius 2 is 1.81 bits per heavy atom. The summed E-state index contributed by atoms with van der Waals surface area (Å²) < 4.78 is 0. The zero-order valence-corrected chi connectivity index (χ0v) is 16.9. The third-order valence-corrected chi connectivity index (χ3v) is 5.83. The van der Waals surface area contributed by atoms with Crippen molar-refractivity contribution in [2.45, 2.75) is 58.2 Å². The Morgan fingerprint density at radius 3 is 2.38 bits per heavy atom. The maximum absolute atomic E-state index is 13.0. The van der Waals surface area contributed by atoms with Gasteiger partial charge < -0.3 is 4.90 Å². The van der Waals surface area contributed by atoms with Crippen molar-refractivity contribution < 1.29 is 4.79 Å². The fraction of sp³-hybridized carbons (Fsp3) is 0.571. The number of halogens is 1. The molecule has 26 heavy (non-hydrogen) atoms. The van der Waals surface area contributed by atoms with E-state index in [0.717, 1.165) is 50.5 Å². The quantitative estimate of drug-likeness (QED) is 0.742. The zero-order valence-electron chi connectivity index (χ0n) is 16.1. The van der Waals surface area contributed by atoms with Gasteiger partial charge in [-0.1, -0.05) is 30.7 Å². The van der Waals surface area contributed by atoms with Gasteiger partial charge in [0.05, 0.1) is 5.54 Å². The highest BCUT2D eigenvalue weighted by Crippen LogP contribution is 2.35.